The number of amides is 1. The zero-order valence-corrected chi connectivity index (χ0v) is 12.9. The fraction of sp³-hybridized carbons (Fsp3) is 0.500. The minimum absolute atomic E-state index is 0.0990. The zero-order chi connectivity index (χ0) is 15.1. The van der Waals surface area contributed by atoms with Gasteiger partial charge in [0.1, 0.15) is 0 Å². The third kappa shape index (κ3) is 2.71. The maximum Gasteiger partial charge on any atom is 0.240 e. The Bertz CT molecular complexity index is 638. The number of rotatable bonds is 4. The summed E-state index contributed by atoms with van der Waals surface area (Å²) in [5, 5.41) is 2.73. The standard InChI is InChI=1S/C14H20N2O3S/c1-8(2)10(4)16-20(18,19)11-5-6-13-12(7-11)9(3)14(17)15-13/h5-10,16H,1-4H3,(H,15,17)/t9-,10+/m1/s1. The van der Waals surface area contributed by atoms with Crippen LogP contribution in [-0.4, -0.2) is 20.4 Å². The summed E-state index contributed by atoms with van der Waals surface area (Å²) in [5.74, 6) is -0.206. The highest BCUT2D eigenvalue weighted by molar-refractivity contribution is 7.89. The Balaban J connectivity index is 2.33. The van der Waals surface area contributed by atoms with Crippen molar-refractivity contribution in [3.05, 3.63) is 23.8 Å². The Morgan fingerprint density at radius 3 is 2.50 bits per heavy atom. The molecular weight excluding hydrogens is 276 g/mol. The molecule has 0 saturated carbocycles. The number of carbonyl (C=O) groups excluding carboxylic acids is 1. The largest absolute Gasteiger partial charge is 0.325 e. The van der Waals surface area contributed by atoms with E-state index in [0.29, 0.717) is 5.69 Å². The summed E-state index contributed by atoms with van der Waals surface area (Å²) in [6.45, 7) is 7.52. The highest BCUT2D eigenvalue weighted by atomic mass is 32.2. The molecule has 1 aliphatic heterocycles. The molecule has 5 nitrogen and oxygen atoms in total. The van der Waals surface area contributed by atoms with Crippen molar-refractivity contribution in [2.45, 2.75) is 44.6 Å². The fourth-order valence-electron chi connectivity index (χ4n) is 2.01. The lowest BCUT2D eigenvalue weighted by atomic mass is 10.0. The van der Waals surface area contributed by atoms with Gasteiger partial charge in [0.25, 0.3) is 0 Å². The van der Waals surface area contributed by atoms with Gasteiger partial charge < -0.3 is 5.32 Å². The number of fused-ring (bicyclic) bond motifs is 1. The molecule has 0 unspecified atom stereocenters. The molecule has 20 heavy (non-hydrogen) atoms. The Labute approximate surface area is 119 Å². The lowest BCUT2D eigenvalue weighted by molar-refractivity contribution is -0.116. The molecule has 0 fully saturated rings. The summed E-state index contributed by atoms with van der Waals surface area (Å²) in [6.07, 6.45) is 0. The second kappa shape index (κ2) is 5.18. The van der Waals surface area contributed by atoms with Crippen LogP contribution in [-0.2, 0) is 14.8 Å². The van der Waals surface area contributed by atoms with Crippen LogP contribution in [0.3, 0.4) is 0 Å². The van der Waals surface area contributed by atoms with Crippen molar-refractivity contribution in [1.29, 1.82) is 0 Å². The average molecular weight is 296 g/mol. The van der Waals surface area contributed by atoms with Gasteiger partial charge in [-0.3, -0.25) is 4.79 Å². The van der Waals surface area contributed by atoms with Crippen molar-refractivity contribution < 1.29 is 13.2 Å². The predicted octanol–water partition coefficient (Wildman–Crippen LogP) is 2.06. The molecule has 110 valence electrons. The van der Waals surface area contributed by atoms with Crippen molar-refractivity contribution >= 4 is 21.6 Å². The van der Waals surface area contributed by atoms with E-state index in [2.05, 4.69) is 10.0 Å². The quantitative estimate of drug-likeness (QED) is 0.893. The van der Waals surface area contributed by atoms with Gasteiger partial charge in [-0.2, -0.15) is 0 Å². The minimum atomic E-state index is -3.56. The van der Waals surface area contributed by atoms with Crippen molar-refractivity contribution in [1.82, 2.24) is 4.72 Å². The number of benzene rings is 1. The first-order chi connectivity index (χ1) is 9.22. The molecule has 1 heterocycles. The minimum Gasteiger partial charge on any atom is -0.325 e. The van der Waals surface area contributed by atoms with Gasteiger partial charge in [0, 0.05) is 11.7 Å². The van der Waals surface area contributed by atoms with E-state index in [-0.39, 0.29) is 28.7 Å². The van der Waals surface area contributed by atoms with E-state index >= 15 is 0 Å². The molecule has 0 radical (unpaired) electrons. The Hall–Kier alpha value is -1.40. The SMILES string of the molecule is CC(C)[C@H](C)NS(=O)(=O)c1ccc2c(c1)[C@@H](C)C(=O)N2. The second-order valence-electron chi connectivity index (χ2n) is 5.61. The van der Waals surface area contributed by atoms with Gasteiger partial charge in [0.15, 0.2) is 0 Å². The number of hydrogen-bond acceptors (Lipinski definition) is 3. The summed E-state index contributed by atoms with van der Waals surface area (Å²) in [6, 6.07) is 4.59. The summed E-state index contributed by atoms with van der Waals surface area (Å²) in [5.41, 5.74) is 1.42. The van der Waals surface area contributed by atoms with Gasteiger partial charge in [0.2, 0.25) is 15.9 Å². The molecular formula is C14H20N2O3S. The van der Waals surface area contributed by atoms with Crippen LogP contribution < -0.4 is 10.0 Å². The first kappa shape index (κ1) is 15.0. The number of nitrogens with one attached hydrogen (secondary N) is 2. The highest BCUT2D eigenvalue weighted by Crippen LogP contribution is 2.33. The smallest absolute Gasteiger partial charge is 0.240 e. The van der Waals surface area contributed by atoms with Crippen molar-refractivity contribution in [3.63, 3.8) is 0 Å². The maximum absolute atomic E-state index is 12.3. The number of anilines is 1. The maximum atomic E-state index is 12.3. The molecule has 0 spiro atoms. The molecule has 1 aliphatic rings. The van der Waals surface area contributed by atoms with Crippen LogP contribution in [0.5, 0.6) is 0 Å². The third-order valence-corrected chi connectivity index (χ3v) is 5.35. The van der Waals surface area contributed by atoms with E-state index in [1.807, 2.05) is 20.8 Å². The molecule has 2 N–H and O–H groups in total. The van der Waals surface area contributed by atoms with Crippen LogP contribution in [0.15, 0.2) is 23.1 Å². The van der Waals surface area contributed by atoms with Crippen LogP contribution >= 0.6 is 0 Å². The van der Waals surface area contributed by atoms with E-state index in [0.717, 1.165) is 5.56 Å². The monoisotopic (exact) mass is 296 g/mol. The molecule has 0 bridgehead atoms. The number of carbonyl (C=O) groups is 1. The molecule has 2 atom stereocenters. The molecule has 2 rings (SSSR count). The van der Waals surface area contributed by atoms with Crippen LogP contribution in [0.1, 0.15) is 39.2 Å². The first-order valence-corrected chi connectivity index (χ1v) is 8.18. The van der Waals surface area contributed by atoms with Crippen LogP contribution in [0.4, 0.5) is 5.69 Å². The summed E-state index contributed by atoms with van der Waals surface area (Å²) < 4.78 is 27.3. The van der Waals surface area contributed by atoms with Crippen LogP contribution in [0.25, 0.3) is 0 Å². The Morgan fingerprint density at radius 2 is 1.90 bits per heavy atom. The molecule has 1 aromatic rings. The molecule has 0 saturated heterocycles. The molecule has 0 aromatic heterocycles. The van der Waals surface area contributed by atoms with E-state index < -0.39 is 10.0 Å². The van der Waals surface area contributed by atoms with Gasteiger partial charge in [-0.05, 0) is 43.5 Å². The van der Waals surface area contributed by atoms with E-state index in [9.17, 15) is 13.2 Å². The Kier molecular flexibility index (Phi) is 3.88. The van der Waals surface area contributed by atoms with Gasteiger partial charge in [-0.25, -0.2) is 13.1 Å². The average Bonchev–Trinajstić information content (AvgIpc) is 2.64. The topological polar surface area (TPSA) is 75.3 Å². The second-order valence-corrected chi connectivity index (χ2v) is 7.33. The van der Waals surface area contributed by atoms with Crippen molar-refractivity contribution in [2.24, 2.45) is 5.92 Å². The third-order valence-electron chi connectivity index (χ3n) is 3.79. The number of hydrogen-bond donors (Lipinski definition) is 2. The Morgan fingerprint density at radius 1 is 1.25 bits per heavy atom. The zero-order valence-electron chi connectivity index (χ0n) is 12.1. The molecule has 1 amide bonds. The summed E-state index contributed by atoms with van der Waals surface area (Å²) >= 11 is 0. The molecule has 6 heteroatoms. The summed E-state index contributed by atoms with van der Waals surface area (Å²) in [4.78, 5) is 11.8. The predicted molar refractivity (Wildman–Crippen MR) is 78.1 cm³/mol. The fourth-order valence-corrected chi connectivity index (χ4v) is 3.44. The number of sulfonamides is 1. The lowest BCUT2D eigenvalue weighted by Crippen LogP contribution is -2.36. The molecule has 1 aromatic carbocycles. The molecule has 0 aliphatic carbocycles. The lowest BCUT2D eigenvalue weighted by Gasteiger charge is -2.18. The van der Waals surface area contributed by atoms with E-state index in [1.165, 1.54) is 6.07 Å². The van der Waals surface area contributed by atoms with Crippen molar-refractivity contribution in [2.75, 3.05) is 5.32 Å². The van der Waals surface area contributed by atoms with Gasteiger partial charge in [-0.1, -0.05) is 13.8 Å². The van der Waals surface area contributed by atoms with Crippen molar-refractivity contribution in [3.8, 4) is 0 Å². The van der Waals surface area contributed by atoms with Gasteiger partial charge in [-0.15, -0.1) is 0 Å². The first-order valence-electron chi connectivity index (χ1n) is 6.69. The van der Waals surface area contributed by atoms with Gasteiger partial charge >= 0.3 is 0 Å². The van der Waals surface area contributed by atoms with Crippen LogP contribution in [0, 0.1) is 5.92 Å². The van der Waals surface area contributed by atoms with E-state index in [1.54, 1.807) is 19.1 Å². The van der Waals surface area contributed by atoms with Gasteiger partial charge in [0.05, 0.1) is 10.8 Å². The normalized spacial score (nSPS) is 19.9. The highest BCUT2D eigenvalue weighted by Gasteiger charge is 2.28. The van der Waals surface area contributed by atoms with Crippen LogP contribution in [0.2, 0.25) is 0 Å². The summed E-state index contributed by atoms with van der Waals surface area (Å²) in [7, 11) is -3.56. The van der Waals surface area contributed by atoms with E-state index in [4.69, 9.17) is 0 Å².